The van der Waals surface area contributed by atoms with Crippen molar-refractivity contribution in [2.75, 3.05) is 0 Å². The molecule has 0 N–H and O–H groups in total. The summed E-state index contributed by atoms with van der Waals surface area (Å²) < 4.78 is 0.891. The normalized spacial score (nSPS) is 10.7. The number of aromatic nitrogens is 2. The highest BCUT2D eigenvalue weighted by Gasteiger charge is 2.26. The summed E-state index contributed by atoms with van der Waals surface area (Å²) >= 11 is 6.45. The van der Waals surface area contributed by atoms with Crippen LogP contribution in [0.1, 0.15) is 0 Å². The first-order chi connectivity index (χ1) is 12.8. The largest absolute Gasteiger partial charge is 0.618 e. The number of hydrogen-bond acceptors (Lipinski definition) is 2. The topological polar surface area (TPSA) is 39.8 Å². The van der Waals surface area contributed by atoms with Crippen LogP contribution in [0.15, 0.2) is 91.0 Å². The first-order valence-corrected chi connectivity index (χ1v) is 8.63. The summed E-state index contributed by atoms with van der Waals surface area (Å²) in [4.78, 5) is 4.60. The Hall–Kier alpha value is -3.17. The predicted molar refractivity (Wildman–Crippen MR) is 105 cm³/mol. The SMILES string of the molecule is [O-][n+]1c(-c2ccccc2)c(Cl)nc(-c2ccccc2)c1-c1ccccc1. The van der Waals surface area contributed by atoms with E-state index >= 15 is 0 Å². The van der Waals surface area contributed by atoms with Crippen LogP contribution < -0.4 is 4.73 Å². The third kappa shape index (κ3) is 2.93. The standard InChI is InChI=1S/C22H15ClN2O/c23-22-21(18-14-8-3-9-15-18)25(26)20(17-12-6-2-7-13-17)19(24-22)16-10-4-1-5-11-16/h1-15H. The van der Waals surface area contributed by atoms with Crippen molar-refractivity contribution in [3.05, 3.63) is 101 Å². The van der Waals surface area contributed by atoms with Gasteiger partial charge in [-0.25, -0.2) is 4.98 Å². The molecule has 0 saturated heterocycles. The van der Waals surface area contributed by atoms with Crippen LogP contribution in [0.4, 0.5) is 0 Å². The van der Waals surface area contributed by atoms with Crippen LogP contribution in [0.2, 0.25) is 5.15 Å². The van der Waals surface area contributed by atoms with Crippen molar-refractivity contribution < 1.29 is 4.73 Å². The van der Waals surface area contributed by atoms with Gasteiger partial charge in [0, 0.05) is 11.1 Å². The van der Waals surface area contributed by atoms with Crippen molar-refractivity contribution in [3.8, 4) is 33.8 Å². The van der Waals surface area contributed by atoms with Gasteiger partial charge in [-0.2, -0.15) is 4.73 Å². The lowest BCUT2D eigenvalue weighted by Gasteiger charge is -2.14. The van der Waals surface area contributed by atoms with Crippen LogP contribution in [0, 0.1) is 5.21 Å². The quantitative estimate of drug-likeness (QED) is 0.365. The molecule has 0 atom stereocenters. The number of benzene rings is 3. The van der Waals surface area contributed by atoms with Gasteiger partial charge in [-0.1, -0.05) is 78.3 Å². The Morgan fingerprint density at radius 2 is 1.04 bits per heavy atom. The first-order valence-electron chi connectivity index (χ1n) is 8.25. The van der Waals surface area contributed by atoms with E-state index < -0.39 is 0 Å². The molecule has 0 bridgehead atoms. The molecule has 0 aliphatic heterocycles. The Kier molecular flexibility index (Phi) is 4.38. The highest BCUT2D eigenvalue weighted by molar-refractivity contribution is 6.31. The van der Waals surface area contributed by atoms with Crippen molar-refractivity contribution in [2.24, 2.45) is 0 Å². The van der Waals surface area contributed by atoms with Crippen LogP contribution in [0.5, 0.6) is 0 Å². The molecule has 1 heterocycles. The molecule has 0 fully saturated rings. The molecular formula is C22H15ClN2O. The molecule has 0 radical (unpaired) electrons. The van der Waals surface area contributed by atoms with Crippen LogP contribution in [0.3, 0.4) is 0 Å². The van der Waals surface area contributed by atoms with Gasteiger partial charge in [0.1, 0.15) is 5.69 Å². The van der Waals surface area contributed by atoms with Crippen LogP contribution in [-0.4, -0.2) is 4.98 Å². The minimum absolute atomic E-state index is 0.185. The third-order valence-electron chi connectivity index (χ3n) is 4.18. The second kappa shape index (κ2) is 6.98. The monoisotopic (exact) mass is 358 g/mol. The van der Waals surface area contributed by atoms with Gasteiger partial charge in [-0.05, 0) is 24.3 Å². The minimum atomic E-state index is 0.185. The zero-order chi connectivity index (χ0) is 17.9. The second-order valence-electron chi connectivity index (χ2n) is 5.84. The van der Waals surface area contributed by atoms with Gasteiger partial charge >= 0.3 is 0 Å². The first kappa shape index (κ1) is 16.3. The Morgan fingerprint density at radius 3 is 1.54 bits per heavy atom. The molecule has 26 heavy (non-hydrogen) atoms. The van der Waals surface area contributed by atoms with Crippen molar-refractivity contribution >= 4 is 11.6 Å². The van der Waals surface area contributed by atoms with Crippen molar-refractivity contribution in [3.63, 3.8) is 0 Å². The van der Waals surface area contributed by atoms with Crippen molar-refractivity contribution in [1.29, 1.82) is 0 Å². The Balaban J connectivity index is 2.05. The molecule has 126 valence electrons. The zero-order valence-electron chi connectivity index (χ0n) is 13.8. The van der Waals surface area contributed by atoms with Crippen molar-refractivity contribution in [2.45, 2.75) is 0 Å². The summed E-state index contributed by atoms with van der Waals surface area (Å²) in [5.74, 6) is 0. The lowest BCUT2D eigenvalue weighted by atomic mass is 10.0. The van der Waals surface area contributed by atoms with Gasteiger partial charge < -0.3 is 5.21 Å². The van der Waals surface area contributed by atoms with Gasteiger partial charge in [0.05, 0.1) is 5.56 Å². The highest BCUT2D eigenvalue weighted by Crippen LogP contribution is 2.33. The summed E-state index contributed by atoms with van der Waals surface area (Å²) in [5, 5.41) is 13.6. The predicted octanol–water partition coefficient (Wildman–Crippen LogP) is 5.37. The molecule has 3 aromatic carbocycles. The van der Waals surface area contributed by atoms with E-state index in [0.717, 1.165) is 21.4 Å². The fourth-order valence-electron chi connectivity index (χ4n) is 2.98. The van der Waals surface area contributed by atoms with E-state index in [4.69, 9.17) is 11.6 Å². The van der Waals surface area contributed by atoms with Gasteiger partial charge in [-0.3, -0.25) is 0 Å². The van der Waals surface area contributed by atoms with E-state index in [1.54, 1.807) is 0 Å². The molecule has 0 unspecified atom stereocenters. The van der Waals surface area contributed by atoms with Crippen molar-refractivity contribution in [1.82, 2.24) is 4.98 Å². The van der Waals surface area contributed by atoms with Gasteiger partial charge in [0.15, 0.2) is 0 Å². The summed E-state index contributed by atoms with van der Waals surface area (Å²) in [6, 6.07) is 28.5. The highest BCUT2D eigenvalue weighted by atomic mass is 35.5. The van der Waals surface area contributed by atoms with E-state index in [1.165, 1.54) is 0 Å². The number of nitrogens with zero attached hydrogens (tertiary/aromatic N) is 2. The molecule has 1 aromatic heterocycles. The van der Waals surface area contributed by atoms with Crippen LogP contribution in [-0.2, 0) is 0 Å². The average molecular weight is 359 g/mol. The molecule has 4 aromatic rings. The van der Waals surface area contributed by atoms with Crippen LogP contribution >= 0.6 is 11.6 Å². The Bertz CT molecular complexity index is 1040. The molecule has 0 saturated carbocycles. The van der Waals surface area contributed by atoms with Gasteiger partial charge in [0.2, 0.25) is 5.15 Å². The smallest absolute Gasteiger partial charge is 0.262 e. The molecular weight excluding hydrogens is 344 g/mol. The molecule has 3 nitrogen and oxygen atoms in total. The number of rotatable bonds is 3. The van der Waals surface area contributed by atoms with E-state index in [1.807, 2.05) is 91.0 Å². The molecule has 0 aliphatic carbocycles. The molecule has 0 spiro atoms. The summed E-state index contributed by atoms with van der Waals surface area (Å²) in [7, 11) is 0. The molecule has 0 amide bonds. The zero-order valence-corrected chi connectivity index (χ0v) is 14.6. The summed E-state index contributed by atoms with van der Waals surface area (Å²) in [6.45, 7) is 0. The maximum atomic E-state index is 13.4. The molecule has 0 aliphatic rings. The van der Waals surface area contributed by atoms with Gasteiger partial charge in [0.25, 0.3) is 11.4 Å². The molecule has 4 rings (SSSR count). The number of hydrogen-bond donors (Lipinski definition) is 0. The number of halogens is 1. The van der Waals surface area contributed by atoms with E-state index in [-0.39, 0.29) is 5.15 Å². The fraction of sp³-hybridized carbons (Fsp3) is 0. The third-order valence-corrected chi connectivity index (χ3v) is 4.44. The second-order valence-corrected chi connectivity index (χ2v) is 6.20. The van der Waals surface area contributed by atoms with Crippen LogP contribution in [0.25, 0.3) is 33.8 Å². The Labute approximate surface area is 156 Å². The summed E-state index contributed by atoms with van der Waals surface area (Å²) in [6.07, 6.45) is 0. The average Bonchev–Trinajstić information content (AvgIpc) is 2.70. The van der Waals surface area contributed by atoms with Gasteiger partial charge in [-0.15, -0.1) is 0 Å². The lowest BCUT2D eigenvalue weighted by Crippen LogP contribution is -2.34. The Morgan fingerprint density at radius 1 is 0.615 bits per heavy atom. The lowest BCUT2D eigenvalue weighted by molar-refractivity contribution is -0.581. The fourth-order valence-corrected chi connectivity index (χ4v) is 3.25. The summed E-state index contributed by atoms with van der Waals surface area (Å²) in [5.41, 5.74) is 3.78. The minimum Gasteiger partial charge on any atom is -0.618 e. The maximum absolute atomic E-state index is 13.4. The van der Waals surface area contributed by atoms with E-state index in [2.05, 4.69) is 4.98 Å². The maximum Gasteiger partial charge on any atom is 0.262 e. The molecule has 4 heteroatoms. The van der Waals surface area contributed by atoms with E-state index in [9.17, 15) is 5.21 Å². The van der Waals surface area contributed by atoms with E-state index in [0.29, 0.717) is 17.1 Å².